The summed E-state index contributed by atoms with van der Waals surface area (Å²) in [6.45, 7) is 3.63. The van der Waals surface area contributed by atoms with Crippen molar-refractivity contribution in [3.05, 3.63) is 65.5 Å². The van der Waals surface area contributed by atoms with E-state index in [4.69, 9.17) is 4.74 Å². The molecule has 0 amide bonds. The Hall–Kier alpha value is -2.18. The Kier molecular flexibility index (Phi) is 5.55. The Morgan fingerprint density at radius 1 is 1.19 bits per heavy atom. The predicted molar refractivity (Wildman–Crippen MR) is 105 cm³/mol. The lowest BCUT2D eigenvalue weighted by molar-refractivity contribution is 0.0953. The van der Waals surface area contributed by atoms with Crippen molar-refractivity contribution in [2.24, 2.45) is 0 Å². The van der Waals surface area contributed by atoms with Gasteiger partial charge in [0.05, 0.1) is 12.6 Å². The fraction of sp³-hybridized carbons (Fsp3) is 0.333. The molecule has 0 spiro atoms. The van der Waals surface area contributed by atoms with Crippen molar-refractivity contribution in [2.45, 2.75) is 43.3 Å². The molecule has 2 aromatic carbocycles. The van der Waals surface area contributed by atoms with Crippen LogP contribution in [-0.2, 0) is 17.0 Å². The summed E-state index contributed by atoms with van der Waals surface area (Å²) in [6, 6.07) is 14.9. The maximum atomic E-state index is 13.3. The van der Waals surface area contributed by atoms with Crippen LogP contribution in [0.1, 0.15) is 24.0 Å². The highest BCUT2D eigenvalue weighted by Crippen LogP contribution is 2.28. The lowest BCUT2D eigenvalue weighted by Gasteiger charge is -2.15. The normalized spacial score (nSPS) is 16.7. The first-order valence-electron chi connectivity index (χ1n) is 9.18. The molecular formula is C21H22FN3OS. The van der Waals surface area contributed by atoms with E-state index in [-0.39, 0.29) is 11.9 Å². The fourth-order valence-electron chi connectivity index (χ4n) is 3.31. The maximum absolute atomic E-state index is 13.3. The molecule has 6 heteroatoms. The summed E-state index contributed by atoms with van der Waals surface area (Å²) in [7, 11) is 0. The second-order valence-corrected chi connectivity index (χ2v) is 7.78. The Balaban J connectivity index is 1.60. The van der Waals surface area contributed by atoms with E-state index in [2.05, 4.69) is 46.0 Å². The molecule has 0 saturated carbocycles. The zero-order chi connectivity index (χ0) is 18.6. The molecule has 0 radical (unpaired) electrons. The van der Waals surface area contributed by atoms with Crippen molar-refractivity contribution in [1.82, 2.24) is 14.8 Å². The van der Waals surface area contributed by atoms with Crippen LogP contribution in [0.5, 0.6) is 0 Å². The molecule has 1 saturated heterocycles. The number of aromatic nitrogens is 3. The molecule has 2 heterocycles. The minimum Gasteiger partial charge on any atom is -0.376 e. The monoisotopic (exact) mass is 383 g/mol. The van der Waals surface area contributed by atoms with Crippen LogP contribution in [0.25, 0.3) is 11.4 Å². The van der Waals surface area contributed by atoms with E-state index in [1.807, 2.05) is 0 Å². The number of nitrogens with zero attached hydrogens (tertiary/aromatic N) is 3. The van der Waals surface area contributed by atoms with Crippen molar-refractivity contribution < 1.29 is 9.13 Å². The fourth-order valence-corrected chi connectivity index (χ4v) is 4.21. The molecule has 4 nitrogen and oxygen atoms in total. The van der Waals surface area contributed by atoms with Crippen LogP contribution >= 0.6 is 11.8 Å². The number of rotatable bonds is 6. The second-order valence-electron chi connectivity index (χ2n) is 6.84. The van der Waals surface area contributed by atoms with Gasteiger partial charge in [0.15, 0.2) is 11.0 Å². The highest BCUT2D eigenvalue weighted by atomic mass is 32.2. The number of ether oxygens (including phenoxy) is 1. The zero-order valence-electron chi connectivity index (χ0n) is 15.3. The Morgan fingerprint density at radius 2 is 2.04 bits per heavy atom. The van der Waals surface area contributed by atoms with Gasteiger partial charge in [-0.25, -0.2) is 4.39 Å². The van der Waals surface area contributed by atoms with Gasteiger partial charge in [-0.1, -0.05) is 41.6 Å². The van der Waals surface area contributed by atoms with Gasteiger partial charge in [-0.3, -0.25) is 4.57 Å². The lowest BCUT2D eigenvalue weighted by Crippen LogP contribution is -2.16. The Morgan fingerprint density at radius 3 is 2.78 bits per heavy atom. The summed E-state index contributed by atoms with van der Waals surface area (Å²) >= 11 is 1.67. The smallest absolute Gasteiger partial charge is 0.191 e. The van der Waals surface area contributed by atoms with E-state index in [0.29, 0.717) is 0 Å². The van der Waals surface area contributed by atoms with Gasteiger partial charge in [-0.2, -0.15) is 0 Å². The highest BCUT2D eigenvalue weighted by Gasteiger charge is 2.21. The number of benzene rings is 2. The number of hydrogen-bond donors (Lipinski definition) is 0. The van der Waals surface area contributed by atoms with Gasteiger partial charge in [-0.15, -0.1) is 10.2 Å². The largest absolute Gasteiger partial charge is 0.376 e. The van der Waals surface area contributed by atoms with Gasteiger partial charge in [0, 0.05) is 17.9 Å². The number of thioether (sulfide) groups is 1. The molecule has 1 aliphatic rings. The average Bonchev–Trinajstić information content (AvgIpc) is 3.31. The van der Waals surface area contributed by atoms with Crippen LogP contribution in [0.2, 0.25) is 0 Å². The standard InChI is InChI=1S/C21H22FN3OS/c1-15-4-2-5-16(12-15)14-27-21-24-23-20(17-7-9-18(22)10-8-17)25(21)13-19-6-3-11-26-19/h2,4-5,7-10,12,19H,3,6,11,13-14H2,1H3. The predicted octanol–water partition coefficient (Wildman–Crippen LogP) is 4.86. The van der Waals surface area contributed by atoms with Crippen molar-refractivity contribution in [2.75, 3.05) is 6.61 Å². The molecule has 140 valence electrons. The van der Waals surface area contributed by atoms with Crippen LogP contribution in [0.15, 0.2) is 53.7 Å². The number of hydrogen-bond acceptors (Lipinski definition) is 4. The SMILES string of the molecule is Cc1cccc(CSc2nnc(-c3ccc(F)cc3)n2CC2CCCO2)c1. The first kappa shape index (κ1) is 18.2. The molecule has 0 N–H and O–H groups in total. The summed E-state index contributed by atoms with van der Waals surface area (Å²) < 4.78 is 21.2. The van der Waals surface area contributed by atoms with Crippen molar-refractivity contribution >= 4 is 11.8 Å². The van der Waals surface area contributed by atoms with Crippen LogP contribution in [-0.4, -0.2) is 27.5 Å². The zero-order valence-corrected chi connectivity index (χ0v) is 16.1. The molecule has 4 rings (SSSR count). The van der Waals surface area contributed by atoms with Gasteiger partial charge in [0.1, 0.15) is 5.82 Å². The topological polar surface area (TPSA) is 39.9 Å². The summed E-state index contributed by atoms with van der Waals surface area (Å²) in [6.07, 6.45) is 2.31. The first-order chi connectivity index (χ1) is 13.2. The quantitative estimate of drug-likeness (QED) is 0.570. The average molecular weight is 383 g/mol. The van der Waals surface area contributed by atoms with E-state index in [1.165, 1.54) is 23.3 Å². The second kappa shape index (κ2) is 8.23. The first-order valence-corrected chi connectivity index (χ1v) is 10.2. The van der Waals surface area contributed by atoms with Crippen LogP contribution < -0.4 is 0 Å². The Bertz CT molecular complexity index is 904. The van der Waals surface area contributed by atoms with E-state index >= 15 is 0 Å². The van der Waals surface area contributed by atoms with Gasteiger partial charge < -0.3 is 4.74 Å². The van der Waals surface area contributed by atoms with Gasteiger partial charge >= 0.3 is 0 Å². The maximum Gasteiger partial charge on any atom is 0.191 e. The summed E-state index contributed by atoms with van der Waals surface area (Å²) in [4.78, 5) is 0. The number of halogens is 1. The van der Waals surface area contributed by atoms with Crippen molar-refractivity contribution in [3.8, 4) is 11.4 Å². The molecule has 1 unspecified atom stereocenters. The molecule has 1 aromatic heterocycles. The molecule has 27 heavy (non-hydrogen) atoms. The third-order valence-corrected chi connectivity index (χ3v) is 5.72. The Labute approximate surface area is 162 Å². The van der Waals surface area contributed by atoms with E-state index in [0.717, 1.165) is 48.3 Å². The van der Waals surface area contributed by atoms with E-state index in [9.17, 15) is 4.39 Å². The van der Waals surface area contributed by atoms with Crippen LogP contribution in [0.3, 0.4) is 0 Å². The van der Waals surface area contributed by atoms with Crippen molar-refractivity contribution in [1.29, 1.82) is 0 Å². The minimum atomic E-state index is -0.252. The van der Waals surface area contributed by atoms with Crippen molar-refractivity contribution in [3.63, 3.8) is 0 Å². The highest BCUT2D eigenvalue weighted by molar-refractivity contribution is 7.98. The minimum absolute atomic E-state index is 0.179. The molecule has 0 bridgehead atoms. The molecule has 3 aromatic rings. The summed E-state index contributed by atoms with van der Waals surface area (Å²) in [5.41, 5.74) is 3.38. The van der Waals surface area contributed by atoms with Gasteiger partial charge in [0.25, 0.3) is 0 Å². The van der Waals surface area contributed by atoms with Crippen LogP contribution in [0.4, 0.5) is 4.39 Å². The van der Waals surface area contributed by atoms with E-state index in [1.54, 1.807) is 23.9 Å². The van der Waals surface area contributed by atoms with E-state index < -0.39 is 0 Å². The number of aryl methyl sites for hydroxylation is 1. The third kappa shape index (κ3) is 4.39. The summed E-state index contributed by atoms with van der Waals surface area (Å²) in [5, 5.41) is 9.69. The molecular weight excluding hydrogens is 361 g/mol. The lowest BCUT2D eigenvalue weighted by atomic mass is 10.2. The molecule has 1 fully saturated rings. The molecule has 0 aliphatic carbocycles. The summed E-state index contributed by atoms with van der Waals surface area (Å²) in [5.74, 6) is 1.34. The van der Waals surface area contributed by atoms with Gasteiger partial charge in [0.2, 0.25) is 0 Å². The molecule has 1 atom stereocenters. The third-order valence-electron chi connectivity index (χ3n) is 4.68. The van der Waals surface area contributed by atoms with Crippen LogP contribution in [0, 0.1) is 12.7 Å². The van der Waals surface area contributed by atoms with Gasteiger partial charge in [-0.05, 0) is 49.6 Å². The molecule has 1 aliphatic heterocycles.